The van der Waals surface area contributed by atoms with E-state index in [2.05, 4.69) is 12.2 Å². The van der Waals surface area contributed by atoms with Gasteiger partial charge in [-0.05, 0) is 0 Å². The third kappa shape index (κ3) is 35.9. The van der Waals surface area contributed by atoms with Gasteiger partial charge in [0.25, 0.3) is 0 Å². The van der Waals surface area contributed by atoms with Gasteiger partial charge < -0.3 is 14.4 Å². The molecule has 1 aliphatic rings. The molecule has 0 heterocycles. The maximum atomic E-state index is 8.00. The van der Waals surface area contributed by atoms with Gasteiger partial charge in [0.05, 0.1) is 0 Å². The molecule has 3 nitrogen and oxygen atoms in total. The zero-order valence-corrected chi connectivity index (χ0v) is 7.97. The van der Waals surface area contributed by atoms with E-state index in [4.69, 9.17) is 14.4 Å². The fourth-order valence-electron chi connectivity index (χ4n) is 0.340. The van der Waals surface area contributed by atoms with Gasteiger partial charge >= 0.3 is 0 Å². The Morgan fingerprint density at radius 3 is 1.50 bits per heavy atom. The van der Waals surface area contributed by atoms with Crippen LogP contribution in [-0.4, -0.2) is 20.4 Å². The minimum Gasteiger partial charge on any atom is -0.307 e. The second-order valence-electron chi connectivity index (χ2n) is 1.00. The van der Waals surface area contributed by atoms with E-state index in [1.54, 1.807) is 0 Å². The molecule has 0 aliphatic heterocycles. The number of carbonyl (C=O) groups is 3. The van der Waals surface area contributed by atoms with Crippen molar-refractivity contribution in [2.45, 2.75) is 6.42 Å². The van der Waals surface area contributed by atoms with Gasteiger partial charge in [0, 0.05) is 17.4 Å². The number of rotatable bonds is 0. The predicted molar refractivity (Wildman–Crippen MR) is 42.9 cm³/mol. The van der Waals surface area contributed by atoms with Crippen LogP contribution in [0.2, 0.25) is 0 Å². The van der Waals surface area contributed by atoms with Crippen LogP contribution in [0.4, 0.5) is 0 Å². The van der Waals surface area contributed by atoms with Crippen molar-refractivity contribution in [2.75, 3.05) is 0 Å². The molecular formula is C8H11CrO3-. The summed E-state index contributed by atoms with van der Waals surface area (Å²) >= 11 is 0. The van der Waals surface area contributed by atoms with E-state index in [1.807, 2.05) is 32.5 Å². The summed E-state index contributed by atoms with van der Waals surface area (Å²) in [5, 5.41) is 0. The SMILES string of the molecule is C=O.C=O.C=O.[C-]1=CC=CC1.[Cr]. The molecule has 0 N–H and O–H groups in total. The molecule has 4 heteroatoms. The van der Waals surface area contributed by atoms with Crippen LogP contribution in [0.5, 0.6) is 0 Å². The molecule has 0 bridgehead atoms. The Hall–Kier alpha value is -0.978. The molecule has 0 saturated carbocycles. The molecule has 0 atom stereocenters. The van der Waals surface area contributed by atoms with Gasteiger partial charge in [-0.3, -0.25) is 6.08 Å². The predicted octanol–water partition coefficient (Wildman–Crippen LogP) is 0.748. The van der Waals surface area contributed by atoms with E-state index in [1.165, 1.54) is 0 Å². The molecule has 0 aromatic rings. The minimum atomic E-state index is 0. The summed E-state index contributed by atoms with van der Waals surface area (Å²) in [6.07, 6.45) is 10.0. The van der Waals surface area contributed by atoms with E-state index >= 15 is 0 Å². The van der Waals surface area contributed by atoms with Crippen molar-refractivity contribution in [1.29, 1.82) is 0 Å². The van der Waals surface area contributed by atoms with Crippen LogP contribution in [-0.2, 0) is 31.7 Å². The molecule has 0 unspecified atom stereocenters. The summed E-state index contributed by atoms with van der Waals surface area (Å²) in [6, 6.07) is 0. The molecule has 12 heavy (non-hydrogen) atoms. The minimum absolute atomic E-state index is 0. The Balaban J connectivity index is -0.0000000406. The van der Waals surface area contributed by atoms with Crippen molar-refractivity contribution in [3.8, 4) is 0 Å². The summed E-state index contributed by atoms with van der Waals surface area (Å²) in [7, 11) is 0. The third-order valence-electron chi connectivity index (χ3n) is 0.586. The van der Waals surface area contributed by atoms with Crippen molar-refractivity contribution in [3.05, 3.63) is 24.3 Å². The Morgan fingerprint density at radius 2 is 1.42 bits per heavy atom. The molecule has 1 rings (SSSR count). The molecular weight excluding hydrogens is 196 g/mol. The zero-order valence-electron chi connectivity index (χ0n) is 6.69. The largest absolute Gasteiger partial charge is 0.307 e. The molecule has 0 aromatic carbocycles. The molecule has 0 amide bonds. The molecule has 0 aromatic heterocycles. The van der Waals surface area contributed by atoms with Crippen LogP contribution in [0, 0.1) is 6.08 Å². The van der Waals surface area contributed by atoms with Crippen LogP contribution in [0.1, 0.15) is 6.42 Å². The van der Waals surface area contributed by atoms with Crippen LogP contribution >= 0.6 is 0 Å². The fraction of sp³-hybridized carbons (Fsp3) is 0.125. The summed E-state index contributed by atoms with van der Waals surface area (Å²) < 4.78 is 0. The number of carbonyl (C=O) groups excluding carboxylic acids is 3. The zero-order chi connectivity index (χ0) is 9.54. The van der Waals surface area contributed by atoms with Gasteiger partial charge in [0.2, 0.25) is 0 Å². The normalized spacial score (nSPS) is 8.33. The van der Waals surface area contributed by atoms with E-state index < -0.39 is 0 Å². The first kappa shape index (κ1) is 22.5. The van der Waals surface area contributed by atoms with Crippen molar-refractivity contribution < 1.29 is 31.7 Å². The van der Waals surface area contributed by atoms with Crippen LogP contribution in [0.15, 0.2) is 18.2 Å². The van der Waals surface area contributed by atoms with Crippen LogP contribution in [0.3, 0.4) is 0 Å². The molecule has 68 valence electrons. The van der Waals surface area contributed by atoms with Gasteiger partial charge in [-0.15, -0.1) is 6.42 Å². The number of hydrogen-bond donors (Lipinski definition) is 0. The summed E-state index contributed by atoms with van der Waals surface area (Å²) in [6.45, 7) is 6.00. The van der Waals surface area contributed by atoms with E-state index in [9.17, 15) is 0 Å². The van der Waals surface area contributed by atoms with E-state index in [0.717, 1.165) is 6.42 Å². The number of hydrogen-bond acceptors (Lipinski definition) is 3. The average molecular weight is 207 g/mol. The first-order chi connectivity index (χ1) is 5.50. The van der Waals surface area contributed by atoms with Crippen molar-refractivity contribution in [3.63, 3.8) is 0 Å². The maximum absolute atomic E-state index is 8.00. The fourth-order valence-corrected chi connectivity index (χ4v) is 0.340. The summed E-state index contributed by atoms with van der Waals surface area (Å²) in [5.74, 6) is 0. The third-order valence-corrected chi connectivity index (χ3v) is 0.586. The Morgan fingerprint density at radius 1 is 1.00 bits per heavy atom. The van der Waals surface area contributed by atoms with Crippen LogP contribution < -0.4 is 0 Å². The Kier molecular flexibility index (Phi) is 94.3. The second-order valence-corrected chi connectivity index (χ2v) is 1.00. The topological polar surface area (TPSA) is 51.2 Å². The van der Waals surface area contributed by atoms with E-state index in [-0.39, 0.29) is 17.4 Å². The van der Waals surface area contributed by atoms with Gasteiger partial charge in [-0.1, -0.05) is 0 Å². The maximum Gasteiger partial charge on any atom is 0.106 e. The van der Waals surface area contributed by atoms with Crippen molar-refractivity contribution in [1.82, 2.24) is 0 Å². The Bertz CT molecular complexity index is 98.1. The standard InChI is InChI=1S/C5H5.3CH2O.Cr/c1-2-4-5-3-1;3*1-2;/h1-3H,4H2;3*1H2;/q-1;;;;. The number of allylic oxidation sites excluding steroid dienone is 4. The average Bonchev–Trinajstić information content (AvgIpc) is 2.71. The van der Waals surface area contributed by atoms with Gasteiger partial charge in [0.15, 0.2) is 0 Å². The Labute approximate surface area is 83.3 Å². The molecule has 1 aliphatic carbocycles. The molecule has 0 spiro atoms. The summed E-state index contributed by atoms with van der Waals surface area (Å²) in [5.41, 5.74) is 0. The molecule has 0 fully saturated rings. The second kappa shape index (κ2) is 50.4. The molecule has 0 radical (unpaired) electrons. The van der Waals surface area contributed by atoms with Gasteiger partial charge in [-0.2, -0.15) is 6.08 Å². The van der Waals surface area contributed by atoms with Crippen molar-refractivity contribution in [2.24, 2.45) is 0 Å². The quantitative estimate of drug-likeness (QED) is 0.551. The molecule has 0 saturated heterocycles. The first-order valence-corrected chi connectivity index (χ1v) is 2.58. The smallest absolute Gasteiger partial charge is 0.106 e. The van der Waals surface area contributed by atoms with E-state index in [0.29, 0.717) is 0 Å². The van der Waals surface area contributed by atoms with Gasteiger partial charge in [-0.25, -0.2) is 12.2 Å². The van der Waals surface area contributed by atoms with Crippen molar-refractivity contribution >= 4 is 20.4 Å². The summed E-state index contributed by atoms with van der Waals surface area (Å²) in [4.78, 5) is 24.0. The monoisotopic (exact) mass is 207 g/mol. The van der Waals surface area contributed by atoms with Gasteiger partial charge in [0.1, 0.15) is 20.4 Å². The first-order valence-electron chi connectivity index (χ1n) is 2.58. The van der Waals surface area contributed by atoms with Crippen LogP contribution in [0.25, 0.3) is 0 Å².